The Labute approximate surface area is 207 Å². The van der Waals surface area contributed by atoms with Gasteiger partial charge >= 0.3 is 0 Å². The molecular formula is C27H27F2N5O2. The molecule has 1 saturated heterocycles. The van der Waals surface area contributed by atoms with Crippen LogP contribution in [0.2, 0.25) is 0 Å². The summed E-state index contributed by atoms with van der Waals surface area (Å²) < 4.78 is 33.7. The van der Waals surface area contributed by atoms with Crippen molar-refractivity contribution < 1.29 is 18.3 Å². The van der Waals surface area contributed by atoms with Crippen LogP contribution in [0, 0.1) is 11.6 Å². The highest BCUT2D eigenvalue weighted by molar-refractivity contribution is 6.08. The number of methoxy groups -OCH3 is 1. The summed E-state index contributed by atoms with van der Waals surface area (Å²) in [5, 5.41) is 0. The van der Waals surface area contributed by atoms with Crippen LogP contribution in [-0.2, 0) is 0 Å². The highest BCUT2D eigenvalue weighted by Crippen LogP contribution is 2.34. The number of hydrogen-bond acceptors (Lipinski definition) is 6. The number of benzene rings is 2. The quantitative estimate of drug-likeness (QED) is 0.395. The molecule has 0 radical (unpaired) electrons. The van der Waals surface area contributed by atoms with Gasteiger partial charge in [-0.1, -0.05) is 18.2 Å². The number of hydrogen-bond donors (Lipinski definition) is 1. The number of rotatable bonds is 6. The Bertz CT molecular complexity index is 1430. The van der Waals surface area contributed by atoms with Gasteiger partial charge in [0.2, 0.25) is 5.78 Å². The predicted octanol–water partition coefficient (Wildman–Crippen LogP) is 4.67. The molecule has 0 bridgehead atoms. The van der Waals surface area contributed by atoms with E-state index in [1.54, 1.807) is 18.2 Å². The number of nitrogens with one attached hydrogen (secondary N) is 1. The predicted molar refractivity (Wildman–Crippen MR) is 135 cm³/mol. The number of carbonyl (C=O) groups is 1. The van der Waals surface area contributed by atoms with Gasteiger partial charge in [0.15, 0.2) is 23.1 Å². The smallest absolute Gasteiger partial charge is 0.228 e. The van der Waals surface area contributed by atoms with E-state index in [1.165, 1.54) is 19.2 Å². The Morgan fingerprint density at radius 3 is 2.58 bits per heavy atom. The highest BCUT2D eigenvalue weighted by Gasteiger charge is 2.23. The molecule has 3 heterocycles. The molecule has 9 heteroatoms. The highest BCUT2D eigenvalue weighted by atomic mass is 19.2. The van der Waals surface area contributed by atoms with E-state index in [0.717, 1.165) is 37.8 Å². The van der Waals surface area contributed by atoms with Crippen LogP contribution >= 0.6 is 0 Å². The number of carbonyl (C=O) groups excluding carboxylic acids is 1. The molecule has 0 amide bonds. The molecule has 36 heavy (non-hydrogen) atoms. The van der Waals surface area contributed by atoms with Gasteiger partial charge in [0, 0.05) is 24.7 Å². The largest absolute Gasteiger partial charge is 0.496 e. The first kappa shape index (κ1) is 23.9. The normalized spacial score (nSPS) is 14.6. The number of aromatic amines is 1. The second kappa shape index (κ2) is 9.66. The second-order valence-corrected chi connectivity index (χ2v) is 9.16. The molecule has 0 atom stereocenters. The maximum Gasteiger partial charge on any atom is 0.228 e. The molecule has 1 fully saturated rings. The van der Waals surface area contributed by atoms with Crippen molar-refractivity contribution in [3.63, 3.8) is 0 Å². The standard InChI is InChI=1S/C27H27F2N5O2/c1-33(2)18-11-13-34(14-12-18)22-10-8-20-26(31-22)32-27(30-20)25(35)17-6-4-5-16(15-17)23-21(36-3)9-7-19(28)24(23)29/h4-10,15,18H,11-14H2,1-3H3,(H,30,31,32). The molecule has 0 unspecified atom stereocenters. The summed E-state index contributed by atoms with van der Waals surface area (Å²) in [5.74, 6) is -1.26. The number of aromatic nitrogens is 3. The Morgan fingerprint density at radius 1 is 1.08 bits per heavy atom. The number of imidazole rings is 1. The van der Waals surface area contributed by atoms with E-state index in [-0.39, 0.29) is 28.5 Å². The fourth-order valence-electron chi connectivity index (χ4n) is 4.70. The summed E-state index contributed by atoms with van der Waals surface area (Å²) in [4.78, 5) is 29.9. The van der Waals surface area contributed by atoms with E-state index in [1.807, 2.05) is 12.1 Å². The summed E-state index contributed by atoms with van der Waals surface area (Å²) >= 11 is 0. The molecule has 0 aliphatic carbocycles. The third kappa shape index (κ3) is 4.42. The summed E-state index contributed by atoms with van der Waals surface area (Å²) in [7, 11) is 5.59. The monoisotopic (exact) mass is 491 g/mol. The first-order chi connectivity index (χ1) is 17.4. The molecule has 2 aromatic carbocycles. The number of nitrogens with zero attached hydrogens (tertiary/aromatic N) is 4. The van der Waals surface area contributed by atoms with Crippen LogP contribution in [0.1, 0.15) is 29.0 Å². The Kier molecular flexibility index (Phi) is 6.40. The van der Waals surface area contributed by atoms with E-state index in [4.69, 9.17) is 4.74 Å². The Balaban J connectivity index is 1.42. The van der Waals surface area contributed by atoms with Crippen molar-refractivity contribution in [2.45, 2.75) is 18.9 Å². The molecule has 2 aromatic heterocycles. The minimum Gasteiger partial charge on any atom is -0.496 e. The van der Waals surface area contributed by atoms with Crippen molar-refractivity contribution >= 4 is 22.8 Å². The molecule has 7 nitrogen and oxygen atoms in total. The molecular weight excluding hydrogens is 464 g/mol. The van der Waals surface area contributed by atoms with Gasteiger partial charge in [-0.2, -0.15) is 0 Å². The van der Waals surface area contributed by atoms with E-state index in [0.29, 0.717) is 22.8 Å². The van der Waals surface area contributed by atoms with Crippen molar-refractivity contribution in [1.82, 2.24) is 19.9 Å². The molecule has 1 N–H and O–H groups in total. The minimum atomic E-state index is -1.03. The van der Waals surface area contributed by atoms with Crippen molar-refractivity contribution in [2.75, 3.05) is 39.2 Å². The second-order valence-electron chi connectivity index (χ2n) is 9.16. The molecule has 186 valence electrons. The zero-order chi connectivity index (χ0) is 25.4. The molecule has 1 aliphatic heterocycles. The molecule has 1 aliphatic rings. The lowest BCUT2D eigenvalue weighted by atomic mass is 9.99. The molecule has 4 aromatic rings. The lowest BCUT2D eigenvalue weighted by Crippen LogP contribution is -2.42. The first-order valence-electron chi connectivity index (χ1n) is 11.8. The zero-order valence-electron chi connectivity index (χ0n) is 20.4. The summed E-state index contributed by atoms with van der Waals surface area (Å²) in [6, 6.07) is 13.1. The number of ketones is 1. The number of H-pyrrole nitrogens is 1. The number of piperidine rings is 1. The zero-order valence-corrected chi connectivity index (χ0v) is 20.4. The lowest BCUT2D eigenvalue weighted by Gasteiger charge is -2.35. The average Bonchev–Trinajstić information content (AvgIpc) is 3.33. The third-order valence-electron chi connectivity index (χ3n) is 6.76. The van der Waals surface area contributed by atoms with E-state index in [2.05, 4.69) is 38.8 Å². The molecule has 5 rings (SSSR count). The van der Waals surface area contributed by atoms with Gasteiger partial charge in [-0.05, 0) is 62.8 Å². The van der Waals surface area contributed by atoms with Crippen molar-refractivity contribution in [3.05, 3.63) is 71.6 Å². The minimum absolute atomic E-state index is 0.0406. The van der Waals surface area contributed by atoms with Gasteiger partial charge in [0.25, 0.3) is 0 Å². The van der Waals surface area contributed by atoms with Gasteiger partial charge in [-0.25, -0.2) is 18.7 Å². The summed E-state index contributed by atoms with van der Waals surface area (Å²) in [6.07, 6.45) is 2.12. The van der Waals surface area contributed by atoms with Crippen molar-refractivity contribution in [1.29, 1.82) is 0 Å². The Hall–Kier alpha value is -3.85. The molecule has 0 saturated carbocycles. The lowest BCUT2D eigenvalue weighted by molar-refractivity contribution is 0.103. The maximum atomic E-state index is 14.6. The van der Waals surface area contributed by atoms with Crippen LogP contribution in [-0.4, -0.2) is 66.0 Å². The first-order valence-corrected chi connectivity index (χ1v) is 11.8. The number of anilines is 1. The van der Waals surface area contributed by atoms with E-state index in [9.17, 15) is 13.6 Å². The number of pyridine rings is 1. The van der Waals surface area contributed by atoms with Crippen LogP contribution in [0.5, 0.6) is 5.75 Å². The number of fused-ring (bicyclic) bond motifs is 1. The van der Waals surface area contributed by atoms with E-state index >= 15 is 0 Å². The van der Waals surface area contributed by atoms with Gasteiger partial charge in [0.1, 0.15) is 11.6 Å². The summed E-state index contributed by atoms with van der Waals surface area (Å²) in [5.41, 5.74) is 1.68. The van der Waals surface area contributed by atoms with Crippen molar-refractivity contribution in [2.24, 2.45) is 0 Å². The Morgan fingerprint density at radius 2 is 1.86 bits per heavy atom. The third-order valence-corrected chi connectivity index (χ3v) is 6.76. The average molecular weight is 492 g/mol. The molecule has 0 spiro atoms. The fourth-order valence-corrected chi connectivity index (χ4v) is 4.70. The van der Waals surface area contributed by atoms with Gasteiger partial charge in [0.05, 0.1) is 18.2 Å². The van der Waals surface area contributed by atoms with Crippen molar-refractivity contribution in [3.8, 4) is 16.9 Å². The van der Waals surface area contributed by atoms with Crippen LogP contribution in [0.15, 0.2) is 48.5 Å². The number of halogens is 2. The van der Waals surface area contributed by atoms with Crippen LogP contribution in [0.3, 0.4) is 0 Å². The van der Waals surface area contributed by atoms with Crippen LogP contribution in [0.4, 0.5) is 14.6 Å². The van der Waals surface area contributed by atoms with Gasteiger partial charge < -0.3 is 19.5 Å². The van der Waals surface area contributed by atoms with Crippen LogP contribution in [0.25, 0.3) is 22.3 Å². The number of ether oxygens (including phenoxy) is 1. The van der Waals surface area contributed by atoms with Gasteiger partial charge in [-0.15, -0.1) is 0 Å². The SMILES string of the molecule is COc1ccc(F)c(F)c1-c1cccc(C(=O)c2nc3nc(N4CCC(N(C)C)CC4)ccc3[nH]2)c1. The topological polar surface area (TPSA) is 74.3 Å². The van der Waals surface area contributed by atoms with Crippen LogP contribution < -0.4 is 9.64 Å². The fraction of sp³-hybridized carbons (Fsp3) is 0.296. The van der Waals surface area contributed by atoms with Gasteiger partial charge in [-0.3, -0.25) is 4.79 Å². The van der Waals surface area contributed by atoms with E-state index < -0.39 is 11.6 Å². The summed E-state index contributed by atoms with van der Waals surface area (Å²) in [6.45, 7) is 1.81. The maximum absolute atomic E-state index is 14.6.